The van der Waals surface area contributed by atoms with Gasteiger partial charge in [0.1, 0.15) is 5.60 Å². The van der Waals surface area contributed by atoms with Gasteiger partial charge in [0, 0.05) is 5.56 Å². The molecule has 3 aromatic rings. The Morgan fingerprint density at radius 2 is 1.14 bits per heavy atom. The fourth-order valence-electron chi connectivity index (χ4n) is 2.62. The summed E-state index contributed by atoms with van der Waals surface area (Å²) in [6.07, 6.45) is 0. The highest BCUT2D eigenvalue weighted by molar-refractivity contribution is 6.42. The van der Waals surface area contributed by atoms with Gasteiger partial charge in [0.25, 0.3) is 0 Å². The van der Waals surface area contributed by atoms with Gasteiger partial charge in [-0.2, -0.15) is 0 Å². The number of benzene rings is 3. The third-order valence-electron chi connectivity index (χ3n) is 3.72. The van der Waals surface area contributed by atoms with E-state index in [4.69, 9.17) is 23.2 Å². The normalized spacial score (nSPS) is 11.4. The van der Waals surface area contributed by atoms with Crippen molar-refractivity contribution in [1.29, 1.82) is 0 Å². The fraction of sp³-hybridized carbons (Fsp3) is 0.0526. The summed E-state index contributed by atoms with van der Waals surface area (Å²) in [5.41, 5.74) is 0.694. The SMILES string of the molecule is OC(c1ccccc1)(c1ccccc1)c1cccc(Cl)c1Cl. The molecule has 110 valence electrons. The van der Waals surface area contributed by atoms with Gasteiger partial charge in [-0.1, -0.05) is 96.0 Å². The van der Waals surface area contributed by atoms with E-state index in [1.165, 1.54) is 0 Å². The minimum Gasteiger partial charge on any atom is -0.376 e. The molecule has 0 fully saturated rings. The molecule has 0 unspecified atom stereocenters. The van der Waals surface area contributed by atoms with E-state index in [-0.39, 0.29) is 0 Å². The van der Waals surface area contributed by atoms with Crippen LogP contribution in [-0.4, -0.2) is 5.11 Å². The second-order valence-corrected chi connectivity index (χ2v) is 5.83. The van der Waals surface area contributed by atoms with Crippen LogP contribution >= 0.6 is 23.2 Å². The second kappa shape index (κ2) is 6.13. The van der Waals surface area contributed by atoms with Crippen LogP contribution in [0.15, 0.2) is 78.9 Å². The van der Waals surface area contributed by atoms with Gasteiger partial charge in [-0.05, 0) is 17.2 Å². The van der Waals surface area contributed by atoms with Crippen LogP contribution in [-0.2, 0) is 5.60 Å². The molecule has 0 saturated carbocycles. The molecule has 0 heterocycles. The highest BCUT2D eigenvalue weighted by Gasteiger charge is 2.35. The van der Waals surface area contributed by atoms with E-state index in [9.17, 15) is 5.11 Å². The lowest BCUT2D eigenvalue weighted by molar-refractivity contribution is 0.126. The molecule has 0 aliphatic carbocycles. The van der Waals surface area contributed by atoms with Crippen molar-refractivity contribution in [2.45, 2.75) is 5.60 Å². The van der Waals surface area contributed by atoms with Crippen LogP contribution in [0.5, 0.6) is 0 Å². The zero-order valence-corrected chi connectivity index (χ0v) is 13.2. The summed E-state index contributed by atoms with van der Waals surface area (Å²) in [4.78, 5) is 0. The molecule has 3 rings (SSSR count). The Labute approximate surface area is 139 Å². The predicted octanol–water partition coefficient (Wildman–Crippen LogP) is 5.28. The molecule has 0 radical (unpaired) electrons. The number of hydrogen-bond acceptors (Lipinski definition) is 1. The van der Waals surface area contributed by atoms with Crippen molar-refractivity contribution >= 4 is 23.2 Å². The van der Waals surface area contributed by atoms with Gasteiger partial charge in [-0.3, -0.25) is 0 Å². The molecule has 0 saturated heterocycles. The van der Waals surface area contributed by atoms with Crippen LogP contribution < -0.4 is 0 Å². The Morgan fingerprint density at radius 3 is 1.64 bits per heavy atom. The van der Waals surface area contributed by atoms with Crippen LogP contribution in [0.3, 0.4) is 0 Å². The monoisotopic (exact) mass is 328 g/mol. The zero-order chi connectivity index (χ0) is 15.6. The summed E-state index contributed by atoms with van der Waals surface area (Å²) in [5, 5.41) is 12.4. The summed E-state index contributed by atoms with van der Waals surface area (Å²) in [6, 6.07) is 24.2. The number of halogens is 2. The van der Waals surface area contributed by atoms with E-state index < -0.39 is 5.60 Å². The molecule has 0 aliphatic heterocycles. The van der Waals surface area contributed by atoms with Gasteiger partial charge in [0.2, 0.25) is 0 Å². The minimum atomic E-state index is -1.36. The molecule has 3 heteroatoms. The van der Waals surface area contributed by atoms with Crippen LogP contribution in [0.4, 0.5) is 0 Å². The molecule has 1 N–H and O–H groups in total. The molecular formula is C19H14Cl2O. The Hall–Kier alpha value is -1.80. The summed E-state index contributed by atoms with van der Waals surface area (Å²) >= 11 is 12.5. The maximum absolute atomic E-state index is 11.6. The first-order valence-electron chi connectivity index (χ1n) is 6.92. The van der Waals surface area contributed by atoms with Gasteiger partial charge < -0.3 is 5.11 Å². The first-order chi connectivity index (χ1) is 10.6. The Bertz CT molecular complexity index is 730. The van der Waals surface area contributed by atoms with E-state index in [1.807, 2.05) is 60.7 Å². The van der Waals surface area contributed by atoms with Crippen LogP contribution in [0.1, 0.15) is 16.7 Å². The molecule has 0 atom stereocenters. The first kappa shape index (κ1) is 15.1. The van der Waals surface area contributed by atoms with Gasteiger partial charge >= 0.3 is 0 Å². The van der Waals surface area contributed by atoms with Gasteiger partial charge in [-0.25, -0.2) is 0 Å². The van der Waals surface area contributed by atoms with Crippen molar-refractivity contribution in [1.82, 2.24) is 0 Å². The topological polar surface area (TPSA) is 20.2 Å². The molecular weight excluding hydrogens is 315 g/mol. The molecule has 0 bridgehead atoms. The number of hydrogen-bond donors (Lipinski definition) is 1. The van der Waals surface area contributed by atoms with Crippen molar-refractivity contribution < 1.29 is 5.11 Å². The van der Waals surface area contributed by atoms with Crippen LogP contribution in [0.2, 0.25) is 10.0 Å². The van der Waals surface area contributed by atoms with E-state index in [1.54, 1.807) is 18.2 Å². The number of rotatable bonds is 3. The molecule has 0 aromatic heterocycles. The van der Waals surface area contributed by atoms with Crippen molar-refractivity contribution in [3.8, 4) is 0 Å². The average molecular weight is 329 g/mol. The fourth-order valence-corrected chi connectivity index (χ4v) is 3.06. The van der Waals surface area contributed by atoms with Crippen molar-refractivity contribution in [3.63, 3.8) is 0 Å². The zero-order valence-electron chi connectivity index (χ0n) is 11.7. The average Bonchev–Trinajstić information content (AvgIpc) is 2.58. The quantitative estimate of drug-likeness (QED) is 0.648. The summed E-state index contributed by atoms with van der Waals surface area (Å²) in [7, 11) is 0. The molecule has 22 heavy (non-hydrogen) atoms. The lowest BCUT2D eigenvalue weighted by atomic mass is 9.80. The van der Waals surface area contributed by atoms with E-state index in [2.05, 4.69) is 0 Å². The van der Waals surface area contributed by atoms with Crippen LogP contribution in [0, 0.1) is 0 Å². The molecule has 0 aliphatic rings. The molecule has 1 nitrogen and oxygen atoms in total. The van der Waals surface area contributed by atoms with Gasteiger partial charge in [0.05, 0.1) is 10.0 Å². The van der Waals surface area contributed by atoms with Crippen molar-refractivity contribution in [3.05, 3.63) is 106 Å². The second-order valence-electron chi connectivity index (χ2n) is 5.04. The van der Waals surface area contributed by atoms with Crippen LogP contribution in [0.25, 0.3) is 0 Å². The largest absolute Gasteiger partial charge is 0.376 e. The predicted molar refractivity (Wildman–Crippen MR) is 91.4 cm³/mol. The van der Waals surface area contributed by atoms with Gasteiger partial charge in [-0.15, -0.1) is 0 Å². The summed E-state index contributed by atoms with van der Waals surface area (Å²) in [6.45, 7) is 0. The van der Waals surface area contributed by atoms with E-state index in [0.29, 0.717) is 15.6 Å². The molecule has 0 amide bonds. The van der Waals surface area contributed by atoms with Crippen molar-refractivity contribution in [2.75, 3.05) is 0 Å². The standard InChI is InChI=1S/C19H14Cl2O/c20-17-13-7-12-16(18(17)21)19(22,14-8-3-1-4-9-14)15-10-5-2-6-11-15/h1-13,22H. The third-order valence-corrected chi connectivity index (χ3v) is 4.54. The van der Waals surface area contributed by atoms with E-state index in [0.717, 1.165) is 11.1 Å². The first-order valence-corrected chi connectivity index (χ1v) is 7.67. The Morgan fingerprint density at radius 1 is 0.636 bits per heavy atom. The summed E-state index contributed by atoms with van der Waals surface area (Å²) in [5.74, 6) is 0. The number of aliphatic hydroxyl groups is 1. The van der Waals surface area contributed by atoms with Gasteiger partial charge in [0.15, 0.2) is 0 Å². The highest BCUT2D eigenvalue weighted by atomic mass is 35.5. The lowest BCUT2D eigenvalue weighted by Crippen LogP contribution is -2.29. The molecule has 3 aromatic carbocycles. The third kappa shape index (κ3) is 2.52. The molecule has 0 spiro atoms. The maximum Gasteiger partial charge on any atom is 0.142 e. The summed E-state index contributed by atoms with van der Waals surface area (Å²) < 4.78 is 0. The lowest BCUT2D eigenvalue weighted by Gasteiger charge is -2.31. The maximum atomic E-state index is 11.6. The Kier molecular flexibility index (Phi) is 4.21. The highest BCUT2D eigenvalue weighted by Crippen LogP contribution is 2.41. The minimum absolute atomic E-state index is 0.361. The Balaban J connectivity index is 2.31. The van der Waals surface area contributed by atoms with E-state index >= 15 is 0 Å². The smallest absolute Gasteiger partial charge is 0.142 e. The van der Waals surface area contributed by atoms with Crippen molar-refractivity contribution in [2.24, 2.45) is 0 Å².